The first-order valence-electron chi connectivity index (χ1n) is 10.3. The lowest BCUT2D eigenvalue weighted by Gasteiger charge is -2.25. The summed E-state index contributed by atoms with van der Waals surface area (Å²) in [5, 5.41) is 15.7. The van der Waals surface area contributed by atoms with Crippen molar-refractivity contribution in [2.45, 2.75) is 0 Å². The van der Waals surface area contributed by atoms with Crippen LogP contribution in [0.1, 0.15) is 0 Å². The molecule has 10 heteroatoms. The predicted molar refractivity (Wildman–Crippen MR) is 129 cm³/mol. The molecule has 3 aromatic rings. The second-order valence-corrected chi connectivity index (χ2v) is 7.22. The Morgan fingerprint density at radius 2 is 1.38 bits per heavy atom. The number of para-hydroxylation sites is 2. The smallest absolute Gasteiger partial charge is 0.319 e. The Kier molecular flexibility index (Phi) is 7.90. The van der Waals surface area contributed by atoms with E-state index in [1.165, 1.54) is 34.1 Å². The van der Waals surface area contributed by atoms with Crippen molar-refractivity contribution in [1.82, 2.24) is 5.32 Å². The molecular weight excluding hydrogens is 438 g/mol. The molecule has 34 heavy (non-hydrogen) atoms. The van der Waals surface area contributed by atoms with Crippen LogP contribution in [0.2, 0.25) is 0 Å². The largest absolute Gasteiger partial charge is 0.329 e. The monoisotopic (exact) mass is 461 g/mol. The molecule has 0 radical (unpaired) electrons. The fourth-order valence-corrected chi connectivity index (χ4v) is 3.06. The van der Waals surface area contributed by atoms with Crippen LogP contribution in [0.5, 0.6) is 0 Å². The van der Waals surface area contributed by atoms with Crippen LogP contribution in [0, 0.1) is 10.1 Å². The first-order chi connectivity index (χ1) is 16.3. The van der Waals surface area contributed by atoms with Crippen LogP contribution >= 0.6 is 0 Å². The van der Waals surface area contributed by atoms with Crippen LogP contribution < -0.4 is 20.4 Å². The van der Waals surface area contributed by atoms with Gasteiger partial charge in [-0.05, 0) is 36.4 Å². The minimum atomic E-state index is -0.664. The molecule has 0 spiro atoms. The number of carbonyl (C=O) groups is 3. The SMILES string of the molecule is CN(C(=O)CN(C(=O)CNC(=O)Nc1ccc([N+](=O)[O-])cc1)c1ccccc1)c1ccccc1. The minimum Gasteiger partial charge on any atom is -0.329 e. The molecule has 2 N–H and O–H groups in total. The van der Waals surface area contributed by atoms with E-state index in [4.69, 9.17) is 0 Å². The van der Waals surface area contributed by atoms with Gasteiger partial charge in [0.1, 0.15) is 6.54 Å². The molecule has 0 saturated carbocycles. The lowest BCUT2D eigenvalue weighted by molar-refractivity contribution is -0.384. The second kappa shape index (κ2) is 11.2. The van der Waals surface area contributed by atoms with Crippen LogP contribution in [-0.4, -0.2) is 42.9 Å². The van der Waals surface area contributed by atoms with Gasteiger partial charge in [-0.3, -0.25) is 19.7 Å². The van der Waals surface area contributed by atoms with Crippen molar-refractivity contribution in [3.8, 4) is 0 Å². The Hall–Kier alpha value is -4.73. The Morgan fingerprint density at radius 1 is 0.824 bits per heavy atom. The molecular formula is C24H23N5O5. The molecule has 4 amide bonds. The number of amides is 4. The molecule has 0 aliphatic carbocycles. The lowest BCUT2D eigenvalue weighted by atomic mass is 10.2. The van der Waals surface area contributed by atoms with E-state index in [-0.39, 0.29) is 24.7 Å². The third kappa shape index (κ3) is 6.39. The summed E-state index contributed by atoms with van der Waals surface area (Å²) in [6.45, 7) is -0.587. The maximum absolute atomic E-state index is 13.0. The van der Waals surface area contributed by atoms with E-state index < -0.39 is 16.9 Å². The quantitative estimate of drug-likeness (QED) is 0.393. The summed E-state index contributed by atoms with van der Waals surface area (Å²) in [5.41, 5.74) is 1.42. The van der Waals surface area contributed by atoms with E-state index in [1.807, 2.05) is 18.2 Å². The number of nitro groups is 1. The minimum absolute atomic E-state index is 0.107. The van der Waals surface area contributed by atoms with Crippen molar-refractivity contribution < 1.29 is 19.3 Å². The average molecular weight is 461 g/mol. The highest BCUT2D eigenvalue weighted by Gasteiger charge is 2.22. The summed E-state index contributed by atoms with van der Waals surface area (Å²) in [5.74, 6) is -0.793. The topological polar surface area (TPSA) is 125 Å². The lowest BCUT2D eigenvalue weighted by Crippen LogP contribution is -2.46. The van der Waals surface area contributed by atoms with Crippen molar-refractivity contribution in [2.75, 3.05) is 35.3 Å². The zero-order valence-electron chi connectivity index (χ0n) is 18.4. The average Bonchev–Trinajstić information content (AvgIpc) is 2.86. The van der Waals surface area contributed by atoms with E-state index in [1.54, 1.807) is 49.5 Å². The van der Waals surface area contributed by atoms with Gasteiger partial charge >= 0.3 is 6.03 Å². The summed E-state index contributed by atoms with van der Waals surface area (Å²) in [7, 11) is 1.63. The number of hydrogen-bond acceptors (Lipinski definition) is 5. The number of benzene rings is 3. The molecule has 0 fully saturated rings. The number of non-ortho nitro benzene ring substituents is 1. The van der Waals surface area contributed by atoms with E-state index in [2.05, 4.69) is 10.6 Å². The molecule has 0 bridgehead atoms. The summed E-state index contributed by atoms with van der Waals surface area (Å²) < 4.78 is 0. The van der Waals surface area contributed by atoms with E-state index in [0.717, 1.165) is 0 Å². The molecule has 0 unspecified atom stereocenters. The Morgan fingerprint density at radius 3 is 1.94 bits per heavy atom. The van der Waals surface area contributed by atoms with Gasteiger partial charge in [-0.2, -0.15) is 0 Å². The number of urea groups is 1. The Labute approximate surface area is 195 Å². The number of likely N-dealkylation sites (N-methyl/N-ethyl adjacent to an activating group) is 1. The number of anilines is 3. The van der Waals surface area contributed by atoms with Crippen molar-refractivity contribution in [3.05, 3.63) is 95.0 Å². The predicted octanol–water partition coefficient (Wildman–Crippen LogP) is 3.41. The van der Waals surface area contributed by atoms with Crippen LogP contribution in [0.3, 0.4) is 0 Å². The summed E-state index contributed by atoms with van der Waals surface area (Å²) >= 11 is 0. The summed E-state index contributed by atoms with van der Waals surface area (Å²) in [6.07, 6.45) is 0. The maximum atomic E-state index is 13.0. The summed E-state index contributed by atoms with van der Waals surface area (Å²) in [6, 6.07) is 22.3. The highest BCUT2D eigenvalue weighted by atomic mass is 16.6. The number of rotatable bonds is 8. The molecule has 0 aromatic heterocycles. The fraction of sp³-hybridized carbons (Fsp3) is 0.125. The van der Waals surface area contributed by atoms with Crippen LogP contribution in [-0.2, 0) is 9.59 Å². The van der Waals surface area contributed by atoms with Gasteiger partial charge in [0.25, 0.3) is 5.69 Å². The van der Waals surface area contributed by atoms with Gasteiger partial charge in [0.05, 0.1) is 11.5 Å². The van der Waals surface area contributed by atoms with Crippen molar-refractivity contribution in [2.24, 2.45) is 0 Å². The molecule has 0 heterocycles. The van der Waals surface area contributed by atoms with Gasteiger partial charge in [0.2, 0.25) is 11.8 Å². The Bertz CT molecular complexity index is 1150. The normalized spacial score (nSPS) is 10.1. The number of carbonyl (C=O) groups excluding carboxylic acids is 3. The number of nitrogens with one attached hydrogen (secondary N) is 2. The van der Waals surface area contributed by atoms with Gasteiger partial charge in [-0.15, -0.1) is 0 Å². The van der Waals surface area contributed by atoms with Gasteiger partial charge in [-0.25, -0.2) is 4.79 Å². The highest BCUT2D eigenvalue weighted by molar-refractivity contribution is 6.05. The van der Waals surface area contributed by atoms with Gasteiger partial charge in [0.15, 0.2) is 0 Å². The molecule has 0 aliphatic heterocycles. The maximum Gasteiger partial charge on any atom is 0.319 e. The van der Waals surface area contributed by atoms with E-state index in [9.17, 15) is 24.5 Å². The molecule has 3 aromatic carbocycles. The summed E-state index contributed by atoms with van der Waals surface area (Å²) in [4.78, 5) is 51.0. The molecule has 10 nitrogen and oxygen atoms in total. The van der Waals surface area contributed by atoms with Gasteiger partial charge < -0.3 is 20.4 Å². The van der Waals surface area contributed by atoms with Crippen molar-refractivity contribution in [3.63, 3.8) is 0 Å². The van der Waals surface area contributed by atoms with Crippen molar-refractivity contribution in [1.29, 1.82) is 0 Å². The highest BCUT2D eigenvalue weighted by Crippen LogP contribution is 2.17. The van der Waals surface area contributed by atoms with Gasteiger partial charge in [0, 0.05) is 36.2 Å². The number of nitro benzene ring substituents is 1. The van der Waals surface area contributed by atoms with E-state index in [0.29, 0.717) is 17.1 Å². The third-order valence-electron chi connectivity index (χ3n) is 4.92. The molecule has 3 rings (SSSR count). The zero-order chi connectivity index (χ0) is 24.5. The number of hydrogen-bond donors (Lipinski definition) is 2. The molecule has 0 aliphatic rings. The van der Waals surface area contributed by atoms with E-state index >= 15 is 0 Å². The molecule has 0 atom stereocenters. The zero-order valence-corrected chi connectivity index (χ0v) is 18.4. The molecule has 0 saturated heterocycles. The van der Waals surface area contributed by atoms with Crippen molar-refractivity contribution >= 4 is 40.6 Å². The molecule has 174 valence electrons. The first-order valence-corrected chi connectivity index (χ1v) is 10.3. The third-order valence-corrected chi connectivity index (χ3v) is 4.92. The van der Waals surface area contributed by atoms with Crippen LogP contribution in [0.4, 0.5) is 27.5 Å². The first kappa shape index (κ1) is 23.9. The van der Waals surface area contributed by atoms with Crippen LogP contribution in [0.25, 0.3) is 0 Å². The van der Waals surface area contributed by atoms with Crippen LogP contribution in [0.15, 0.2) is 84.9 Å². The number of nitrogens with zero attached hydrogens (tertiary/aromatic N) is 3. The Balaban J connectivity index is 1.64. The van der Waals surface area contributed by atoms with Gasteiger partial charge in [-0.1, -0.05) is 36.4 Å². The fourth-order valence-electron chi connectivity index (χ4n) is 3.06. The standard InChI is InChI=1S/C24H23N5O5/c1-27(19-8-4-2-5-9-19)23(31)17-28(20-10-6-3-7-11-20)22(30)16-25-24(32)26-18-12-14-21(15-13-18)29(33)34/h2-15H,16-17H2,1H3,(H2,25,26,32). The second-order valence-electron chi connectivity index (χ2n) is 7.22.